The van der Waals surface area contributed by atoms with Crippen molar-refractivity contribution in [2.75, 3.05) is 6.61 Å². The minimum atomic E-state index is -4.82. The number of ether oxygens (including phenoxy) is 1. The molecule has 1 aliphatic carbocycles. The molecule has 1 aromatic heterocycles. The average molecular weight is 437 g/mol. The molecule has 2 aromatic rings. The van der Waals surface area contributed by atoms with Gasteiger partial charge in [-0.3, -0.25) is 4.79 Å². The number of nitrogens with zero attached hydrogens (tertiary/aromatic N) is 3. The molecule has 0 N–H and O–H groups in total. The van der Waals surface area contributed by atoms with E-state index in [2.05, 4.69) is 5.10 Å². The maximum absolute atomic E-state index is 13.7. The Morgan fingerprint density at radius 2 is 1.81 bits per heavy atom. The van der Waals surface area contributed by atoms with Gasteiger partial charge < -0.3 is 9.64 Å². The molecule has 0 unspecified atom stereocenters. The average Bonchev–Trinajstić information content (AvgIpc) is 3.38. The van der Waals surface area contributed by atoms with Crippen LogP contribution in [0.2, 0.25) is 0 Å². The summed E-state index contributed by atoms with van der Waals surface area (Å²) in [6.07, 6.45) is 0.122. The second kappa shape index (κ2) is 9.11. The Labute approximate surface area is 179 Å². The van der Waals surface area contributed by atoms with Crippen molar-refractivity contribution in [3.63, 3.8) is 0 Å². The Bertz CT molecular complexity index is 930. The Hall–Kier alpha value is -2.84. The third-order valence-electron chi connectivity index (χ3n) is 5.40. The molecule has 0 bridgehead atoms. The standard InChI is InChI=1S/C22H26F3N3O3/c1-4-31-21(30)18-13-26-28(19(18)22(23,24)25)17-11-9-15(10-12-17)20(29)27(14(2)3)16-7-5-6-8-16/h9-14,16H,4-8H2,1-3H3. The molecule has 9 heteroatoms. The third kappa shape index (κ3) is 4.75. The van der Waals surface area contributed by atoms with Crippen LogP contribution in [-0.2, 0) is 10.9 Å². The van der Waals surface area contributed by atoms with E-state index in [-0.39, 0.29) is 30.3 Å². The summed E-state index contributed by atoms with van der Waals surface area (Å²) in [5, 5.41) is 3.76. The van der Waals surface area contributed by atoms with Crippen molar-refractivity contribution in [3.05, 3.63) is 47.3 Å². The second-order valence-electron chi connectivity index (χ2n) is 7.83. The van der Waals surface area contributed by atoms with E-state index in [1.807, 2.05) is 18.7 Å². The van der Waals surface area contributed by atoms with Gasteiger partial charge in [0.1, 0.15) is 5.56 Å². The molecule has 0 spiro atoms. The molecule has 1 fully saturated rings. The van der Waals surface area contributed by atoms with E-state index in [0.717, 1.165) is 31.9 Å². The number of esters is 1. The van der Waals surface area contributed by atoms with Crippen molar-refractivity contribution in [3.8, 4) is 5.69 Å². The highest BCUT2D eigenvalue weighted by Gasteiger charge is 2.41. The molecule has 0 saturated heterocycles. The summed E-state index contributed by atoms with van der Waals surface area (Å²) in [5.41, 5.74) is -1.37. The Balaban J connectivity index is 1.92. The first kappa shape index (κ1) is 22.8. The number of hydrogen-bond acceptors (Lipinski definition) is 4. The van der Waals surface area contributed by atoms with Gasteiger partial charge in [-0.15, -0.1) is 0 Å². The van der Waals surface area contributed by atoms with Crippen molar-refractivity contribution in [2.45, 2.75) is 64.7 Å². The van der Waals surface area contributed by atoms with E-state index < -0.39 is 23.4 Å². The van der Waals surface area contributed by atoms with Crippen molar-refractivity contribution in [2.24, 2.45) is 0 Å². The lowest BCUT2D eigenvalue weighted by Gasteiger charge is -2.33. The first-order valence-corrected chi connectivity index (χ1v) is 10.4. The normalized spacial score (nSPS) is 14.8. The second-order valence-corrected chi connectivity index (χ2v) is 7.83. The number of alkyl halides is 3. The van der Waals surface area contributed by atoms with E-state index in [1.165, 1.54) is 31.2 Å². The zero-order valence-electron chi connectivity index (χ0n) is 17.8. The van der Waals surface area contributed by atoms with Crippen molar-refractivity contribution < 1.29 is 27.5 Å². The minimum Gasteiger partial charge on any atom is -0.462 e. The quantitative estimate of drug-likeness (QED) is 0.606. The molecule has 0 atom stereocenters. The van der Waals surface area contributed by atoms with Crippen LogP contribution in [0.25, 0.3) is 5.69 Å². The van der Waals surface area contributed by atoms with E-state index in [1.54, 1.807) is 0 Å². The monoisotopic (exact) mass is 437 g/mol. The van der Waals surface area contributed by atoms with Gasteiger partial charge in [0.25, 0.3) is 5.91 Å². The molecule has 168 valence electrons. The van der Waals surface area contributed by atoms with Gasteiger partial charge in [-0.2, -0.15) is 18.3 Å². The lowest BCUT2D eigenvalue weighted by atomic mass is 10.1. The highest BCUT2D eigenvalue weighted by atomic mass is 19.4. The molecule has 1 heterocycles. The van der Waals surface area contributed by atoms with E-state index in [9.17, 15) is 22.8 Å². The lowest BCUT2D eigenvalue weighted by molar-refractivity contribution is -0.143. The number of halogens is 3. The molecule has 1 saturated carbocycles. The zero-order valence-corrected chi connectivity index (χ0v) is 17.8. The minimum absolute atomic E-state index is 0.0189. The third-order valence-corrected chi connectivity index (χ3v) is 5.40. The van der Waals surface area contributed by atoms with Gasteiger partial charge in [0.15, 0.2) is 5.69 Å². The smallest absolute Gasteiger partial charge is 0.434 e. The number of hydrogen-bond donors (Lipinski definition) is 0. The fraction of sp³-hybridized carbons (Fsp3) is 0.500. The van der Waals surface area contributed by atoms with Gasteiger partial charge in [-0.05, 0) is 57.9 Å². The molecular weight excluding hydrogens is 411 g/mol. The number of benzene rings is 1. The highest BCUT2D eigenvalue weighted by Crippen LogP contribution is 2.34. The van der Waals surface area contributed by atoms with Crippen LogP contribution in [0.5, 0.6) is 0 Å². The summed E-state index contributed by atoms with van der Waals surface area (Å²) >= 11 is 0. The van der Waals surface area contributed by atoms with Crippen LogP contribution >= 0.6 is 0 Å². The maximum Gasteiger partial charge on any atom is 0.434 e. The van der Waals surface area contributed by atoms with Crippen LogP contribution in [0, 0.1) is 0 Å². The number of amides is 1. The molecule has 6 nitrogen and oxygen atoms in total. The number of carbonyl (C=O) groups is 2. The summed E-state index contributed by atoms with van der Waals surface area (Å²) < 4.78 is 46.4. The molecule has 0 aliphatic heterocycles. The van der Waals surface area contributed by atoms with E-state index in [0.29, 0.717) is 10.2 Å². The van der Waals surface area contributed by atoms with Crippen molar-refractivity contribution in [1.82, 2.24) is 14.7 Å². The SMILES string of the molecule is CCOC(=O)c1cnn(-c2ccc(C(=O)N(C(C)C)C3CCCC3)cc2)c1C(F)(F)F. The molecule has 1 aromatic carbocycles. The topological polar surface area (TPSA) is 64.4 Å². The van der Waals surface area contributed by atoms with Crippen molar-refractivity contribution in [1.29, 1.82) is 0 Å². The first-order valence-electron chi connectivity index (χ1n) is 10.4. The van der Waals surface area contributed by atoms with E-state index >= 15 is 0 Å². The zero-order chi connectivity index (χ0) is 22.8. The number of aromatic nitrogens is 2. The van der Waals surface area contributed by atoms with Crippen LogP contribution in [0.15, 0.2) is 30.5 Å². The fourth-order valence-corrected chi connectivity index (χ4v) is 4.07. The van der Waals surface area contributed by atoms with Crippen LogP contribution < -0.4 is 0 Å². The largest absolute Gasteiger partial charge is 0.462 e. The lowest BCUT2D eigenvalue weighted by Crippen LogP contribution is -2.43. The number of rotatable bonds is 6. The van der Waals surface area contributed by atoms with Gasteiger partial charge in [0, 0.05) is 17.6 Å². The Morgan fingerprint density at radius 3 is 2.32 bits per heavy atom. The number of carbonyl (C=O) groups excluding carboxylic acids is 2. The van der Waals surface area contributed by atoms with Crippen LogP contribution in [0.1, 0.15) is 72.9 Å². The summed E-state index contributed by atoms with van der Waals surface area (Å²) in [4.78, 5) is 26.9. The maximum atomic E-state index is 13.7. The van der Waals surface area contributed by atoms with Crippen LogP contribution in [-0.4, -0.2) is 45.2 Å². The molecule has 31 heavy (non-hydrogen) atoms. The Kier molecular flexibility index (Phi) is 6.71. The predicted molar refractivity (Wildman–Crippen MR) is 108 cm³/mol. The molecule has 3 rings (SSSR count). The van der Waals surface area contributed by atoms with Gasteiger partial charge in [0.05, 0.1) is 18.5 Å². The first-order chi connectivity index (χ1) is 14.6. The van der Waals surface area contributed by atoms with Gasteiger partial charge in [-0.1, -0.05) is 12.8 Å². The molecule has 1 aliphatic rings. The Morgan fingerprint density at radius 1 is 1.19 bits per heavy atom. The van der Waals surface area contributed by atoms with Crippen molar-refractivity contribution >= 4 is 11.9 Å². The molecule has 1 amide bonds. The van der Waals surface area contributed by atoms with Crippen LogP contribution in [0.3, 0.4) is 0 Å². The molecule has 0 radical (unpaired) electrons. The summed E-state index contributed by atoms with van der Waals surface area (Å²) in [6, 6.07) is 5.99. The summed E-state index contributed by atoms with van der Waals surface area (Å²) in [7, 11) is 0. The molecular formula is C22H26F3N3O3. The summed E-state index contributed by atoms with van der Waals surface area (Å²) in [6.45, 7) is 5.38. The van der Waals surface area contributed by atoms with Gasteiger partial charge in [-0.25, -0.2) is 9.48 Å². The van der Waals surface area contributed by atoms with E-state index in [4.69, 9.17) is 4.74 Å². The highest BCUT2D eigenvalue weighted by molar-refractivity contribution is 5.95. The fourth-order valence-electron chi connectivity index (χ4n) is 4.07. The van der Waals surface area contributed by atoms with Crippen LogP contribution in [0.4, 0.5) is 13.2 Å². The summed E-state index contributed by atoms with van der Waals surface area (Å²) in [5.74, 6) is -1.23. The van der Waals surface area contributed by atoms with Gasteiger partial charge >= 0.3 is 12.1 Å². The van der Waals surface area contributed by atoms with Gasteiger partial charge in [0.2, 0.25) is 0 Å². The predicted octanol–water partition coefficient (Wildman–Crippen LogP) is 4.86.